The lowest BCUT2D eigenvalue weighted by atomic mass is 9.88. The van der Waals surface area contributed by atoms with Crippen molar-refractivity contribution in [2.45, 2.75) is 85.2 Å². The normalized spacial score (nSPS) is 17.9. The Morgan fingerprint density at radius 2 is 1.65 bits per heavy atom. The van der Waals surface area contributed by atoms with Crippen LogP contribution in [-0.4, -0.2) is 31.4 Å². The number of carbonyl (C=O) groups is 1. The van der Waals surface area contributed by atoms with Crippen LogP contribution in [0.25, 0.3) is 0 Å². The number of Topliss-reactive ketones (excluding diaryl/α,β-unsaturated/α-hetero) is 1. The number of hydrogen-bond donors (Lipinski definition) is 1. The molecule has 0 amide bonds. The van der Waals surface area contributed by atoms with E-state index in [4.69, 9.17) is 4.43 Å². The molecule has 1 N–H and O–H groups in total. The van der Waals surface area contributed by atoms with E-state index in [-0.39, 0.29) is 29.3 Å². The first-order valence-corrected chi connectivity index (χ1v) is 10.6. The number of aliphatic hydroxyl groups excluding tert-OH is 1. The predicted octanol–water partition coefficient (Wildman–Crippen LogP) is 4.01. The van der Waals surface area contributed by atoms with Crippen LogP contribution in [0.1, 0.15) is 54.9 Å². The second-order valence-corrected chi connectivity index (χ2v) is 12.7. The van der Waals surface area contributed by atoms with Crippen molar-refractivity contribution < 1.29 is 14.3 Å². The summed E-state index contributed by atoms with van der Waals surface area (Å²) in [5, 5.41) is 10.4. The molecule has 0 radical (unpaired) electrons. The highest BCUT2D eigenvalue weighted by atomic mass is 28.4. The number of rotatable bonds is 7. The Bertz CT molecular complexity index is 318. The Labute approximate surface area is 126 Å². The number of aliphatic hydroxyl groups is 1. The summed E-state index contributed by atoms with van der Waals surface area (Å²) in [5.41, 5.74) is 0. The third-order valence-electron chi connectivity index (χ3n) is 4.52. The van der Waals surface area contributed by atoms with E-state index in [1.54, 1.807) is 0 Å². The summed E-state index contributed by atoms with van der Waals surface area (Å²) >= 11 is 0. The van der Waals surface area contributed by atoms with Crippen LogP contribution in [0.2, 0.25) is 18.1 Å². The third kappa shape index (κ3) is 5.66. The Morgan fingerprint density at radius 3 is 1.95 bits per heavy atom. The van der Waals surface area contributed by atoms with E-state index in [0.29, 0.717) is 5.92 Å². The number of hydrogen-bond acceptors (Lipinski definition) is 3. The molecule has 0 aliphatic heterocycles. The highest BCUT2D eigenvalue weighted by Crippen LogP contribution is 2.39. The van der Waals surface area contributed by atoms with Gasteiger partial charge in [-0.25, -0.2) is 0 Å². The second-order valence-electron chi connectivity index (χ2n) is 7.92. The third-order valence-corrected chi connectivity index (χ3v) is 8.99. The second kappa shape index (κ2) is 7.19. The highest BCUT2D eigenvalue weighted by molar-refractivity contribution is 6.74. The average molecular weight is 303 g/mol. The van der Waals surface area contributed by atoms with Gasteiger partial charge < -0.3 is 9.53 Å². The Hall–Kier alpha value is -0.193. The molecule has 0 rings (SSSR count). The molecular formula is C16H34O3Si. The molecule has 0 heterocycles. The van der Waals surface area contributed by atoms with Crippen LogP contribution in [0.5, 0.6) is 0 Å². The molecule has 0 aliphatic carbocycles. The van der Waals surface area contributed by atoms with Gasteiger partial charge in [-0.1, -0.05) is 41.5 Å². The molecule has 0 spiro atoms. The van der Waals surface area contributed by atoms with Crippen LogP contribution in [0.4, 0.5) is 0 Å². The monoisotopic (exact) mass is 302 g/mol. The molecule has 0 bridgehead atoms. The van der Waals surface area contributed by atoms with Gasteiger partial charge in [0.25, 0.3) is 0 Å². The molecule has 3 atom stereocenters. The molecule has 0 unspecified atom stereocenters. The fourth-order valence-electron chi connectivity index (χ4n) is 2.07. The summed E-state index contributed by atoms with van der Waals surface area (Å²) in [6.45, 7) is 18.9. The van der Waals surface area contributed by atoms with Crippen molar-refractivity contribution in [3.05, 3.63) is 0 Å². The van der Waals surface area contributed by atoms with Gasteiger partial charge >= 0.3 is 0 Å². The average Bonchev–Trinajstić information content (AvgIpc) is 2.21. The van der Waals surface area contributed by atoms with Crippen molar-refractivity contribution in [2.24, 2.45) is 11.8 Å². The summed E-state index contributed by atoms with van der Waals surface area (Å²) in [6.07, 6.45) is -0.416. The zero-order valence-electron chi connectivity index (χ0n) is 14.8. The van der Waals surface area contributed by atoms with E-state index >= 15 is 0 Å². The zero-order chi connectivity index (χ0) is 16.3. The van der Waals surface area contributed by atoms with Gasteiger partial charge in [0, 0.05) is 12.3 Å². The largest absolute Gasteiger partial charge is 0.413 e. The molecule has 0 fully saturated rings. The van der Waals surface area contributed by atoms with Crippen LogP contribution in [0.3, 0.4) is 0 Å². The smallest absolute Gasteiger partial charge is 0.192 e. The first-order valence-electron chi connectivity index (χ1n) is 7.65. The van der Waals surface area contributed by atoms with E-state index in [1.807, 2.05) is 6.92 Å². The van der Waals surface area contributed by atoms with Gasteiger partial charge in [0.05, 0.1) is 12.2 Å². The van der Waals surface area contributed by atoms with Gasteiger partial charge in [-0.15, -0.1) is 0 Å². The van der Waals surface area contributed by atoms with E-state index in [2.05, 4.69) is 47.7 Å². The molecule has 0 aromatic carbocycles. The van der Waals surface area contributed by atoms with Crippen LogP contribution < -0.4 is 0 Å². The standard InChI is InChI=1S/C16H34O3Si/c1-11(2)15(13(4)14(18)10-12(3)17)19-20(8,9)16(5,6)7/h11,13-15,18H,10H2,1-9H3/t13-,14-,15+/m0/s1. The van der Waals surface area contributed by atoms with Gasteiger partial charge in [0.1, 0.15) is 5.78 Å². The molecule has 0 aliphatic rings. The molecule has 3 nitrogen and oxygen atoms in total. The van der Waals surface area contributed by atoms with Gasteiger partial charge in [0.15, 0.2) is 8.32 Å². The predicted molar refractivity (Wildman–Crippen MR) is 87.4 cm³/mol. The fraction of sp³-hybridized carbons (Fsp3) is 0.938. The van der Waals surface area contributed by atoms with Crippen molar-refractivity contribution in [2.75, 3.05) is 0 Å². The Balaban J connectivity index is 5.03. The summed E-state index contributed by atoms with van der Waals surface area (Å²) < 4.78 is 6.50. The van der Waals surface area contributed by atoms with Crippen molar-refractivity contribution in [1.29, 1.82) is 0 Å². The Kier molecular flexibility index (Phi) is 7.12. The van der Waals surface area contributed by atoms with Gasteiger partial charge in [0.2, 0.25) is 0 Å². The van der Waals surface area contributed by atoms with Gasteiger partial charge in [-0.3, -0.25) is 4.79 Å². The van der Waals surface area contributed by atoms with E-state index < -0.39 is 14.4 Å². The maximum absolute atomic E-state index is 11.2. The minimum Gasteiger partial charge on any atom is -0.413 e. The van der Waals surface area contributed by atoms with Gasteiger partial charge in [-0.2, -0.15) is 0 Å². The minimum absolute atomic E-state index is 0.00904. The SMILES string of the molecule is CC(=O)C[C@H](O)[C@H](C)[C@H](O[Si](C)(C)C(C)(C)C)C(C)C. The first-order chi connectivity index (χ1) is 8.79. The topological polar surface area (TPSA) is 46.5 Å². The van der Waals surface area contributed by atoms with Crippen molar-refractivity contribution in [3.63, 3.8) is 0 Å². The summed E-state index contributed by atoms with van der Waals surface area (Å²) in [6, 6.07) is 0. The Morgan fingerprint density at radius 1 is 1.20 bits per heavy atom. The minimum atomic E-state index is -1.88. The van der Waals surface area contributed by atoms with Crippen molar-refractivity contribution >= 4 is 14.1 Å². The molecule has 20 heavy (non-hydrogen) atoms. The summed E-state index contributed by atoms with van der Waals surface area (Å²) in [5.74, 6) is 0.313. The fourth-order valence-corrected chi connectivity index (χ4v) is 3.59. The maximum Gasteiger partial charge on any atom is 0.192 e. The quantitative estimate of drug-likeness (QED) is 0.723. The molecular weight excluding hydrogens is 268 g/mol. The van der Waals surface area contributed by atoms with E-state index in [9.17, 15) is 9.90 Å². The van der Waals surface area contributed by atoms with Crippen LogP contribution in [0.15, 0.2) is 0 Å². The molecule has 0 saturated heterocycles. The van der Waals surface area contributed by atoms with E-state index in [1.165, 1.54) is 6.92 Å². The summed E-state index contributed by atoms with van der Waals surface area (Å²) in [7, 11) is -1.88. The number of carbonyl (C=O) groups excluding carboxylic acids is 1. The lowest BCUT2D eigenvalue weighted by Crippen LogP contribution is -2.49. The first kappa shape index (κ1) is 19.8. The van der Waals surface area contributed by atoms with Crippen molar-refractivity contribution in [3.8, 4) is 0 Å². The highest BCUT2D eigenvalue weighted by Gasteiger charge is 2.41. The number of ketones is 1. The van der Waals surface area contributed by atoms with Gasteiger partial charge in [-0.05, 0) is 31.0 Å². The molecule has 0 aromatic rings. The molecule has 4 heteroatoms. The molecule has 0 aromatic heterocycles. The van der Waals surface area contributed by atoms with Crippen LogP contribution in [0, 0.1) is 11.8 Å². The lowest BCUT2D eigenvalue weighted by molar-refractivity contribution is -0.120. The molecule has 120 valence electrons. The van der Waals surface area contributed by atoms with Crippen LogP contribution in [-0.2, 0) is 9.22 Å². The van der Waals surface area contributed by atoms with Crippen LogP contribution >= 0.6 is 0 Å². The molecule has 0 saturated carbocycles. The lowest BCUT2D eigenvalue weighted by Gasteiger charge is -2.43. The summed E-state index contributed by atoms with van der Waals surface area (Å²) in [4.78, 5) is 11.2. The zero-order valence-corrected chi connectivity index (χ0v) is 15.8. The van der Waals surface area contributed by atoms with E-state index in [0.717, 1.165) is 0 Å². The maximum atomic E-state index is 11.2. The van der Waals surface area contributed by atoms with Crippen molar-refractivity contribution in [1.82, 2.24) is 0 Å².